The van der Waals surface area contributed by atoms with Gasteiger partial charge in [0, 0.05) is 6.04 Å². The first-order chi connectivity index (χ1) is 12.6. The fraction of sp³-hybridized carbons (Fsp3) is 0.333. The van der Waals surface area contributed by atoms with Crippen LogP contribution in [0.5, 0.6) is 0 Å². The van der Waals surface area contributed by atoms with E-state index in [1.54, 1.807) is 0 Å². The number of nitrogens with zero attached hydrogens (tertiary/aromatic N) is 1. The second-order valence-corrected chi connectivity index (χ2v) is 6.66. The van der Waals surface area contributed by atoms with E-state index in [4.69, 9.17) is 4.74 Å². The lowest BCUT2D eigenvalue weighted by atomic mass is 9.72. The zero-order valence-corrected chi connectivity index (χ0v) is 14.8. The predicted octanol–water partition coefficient (Wildman–Crippen LogP) is 3.69. The number of nitriles is 1. The Morgan fingerprint density at radius 2 is 1.88 bits per heavy atom. The van der Waals surface area contributed by atoms with Gasteiger partial charge in [0.05, 0.1) is 12.1 Å². The Balaban J connectivity index is 1.56. The number of ether oxygens (including phenoxy) is 1. The van der Waals surface area contributed by atoms with E-state index in [2.05, 4.69) is 16.7 Å². The molecule has 2 aromatic carbocycles. The summed E-state index contributed by atoms with van der Waals surface area (Å²) in [6, 6.07) is 21.6. The van der Waals surface area contributed by atoms with Crippen LogP contribution in [-0.4, -0.2) is 17.7 Å². The van der Waals surface area contributed by atoms with Crippen molar-refractivity contribution in [2.24, 2.45) is 0 Å². The fourth-order valence-electron chi connectivity index (χ4n) is 3.23. The summed E-state index contributed by atoms with van der Waals surface area (Å²) in [6.45, 7) is 2.24. The normalized spacial score (nSPS) is 22.5. The Morgan fingerprint density at radius 3 is 2.46 bits per heavy atom. The van der Waals surface area contributed by atoms with Crippen LogP contribution in [0.4, 0.5) is 4.79 Å². The third-order valence-corrected chi connectivity index (χ3v) is 4.90. The standard InChI is InChI=1S/C21H23N3O2/c1-16(18-10-6-3-7-11-18)24-21(15-22)13-12-19(21)23-20(25)26-14-17-8-4-2-5-9-17/h2-11,16,19,24H,12-14H2,1H3,(H,23,25)/t16-,19-,21+/m0/s1. The summed E-state index contributed by atoms with van der Waals surface area (Å²) in [5, 5.41) is 16.0. The zero-order valence-electron chi connectivity index (χ0n) is 14.8. The number of carbonyl (C=O) groups excluding carboxylic acids is 1. The molecule has 1 amide bonds. The Hall–Kier alpha value is -2.84. The smallest absolute Gasteiger partial charge is 0.407 e. The van der Waals surface area contributed by atoms with Crippen LogP contribution in [0.1, 0.15) is 36.9 Å². The van der Waals surface area contributed by atoms with Gasteiger partial charge in [0.2, 0.25) is 0 Å². The van der Waals surface area contributed by atoms with E-state index in [1.807, 2.05) is 67.6 Å². The minimum atomic E-state index is -0.763. The Bertz CT molecular complexity index is 773. The molecule has 0 aromatic heterocycles. The van der Waals surface area contributed by atoms with E-state index in [0.29, 0.717) is 6.42 Å². The number of carbonyl (C=O) groups is 1. The predicted molar refractivity (Wildman–Crippen MR) is 99.1 cm³/mol. The van der Waals surface area contributed by atoms with Crippen molar-refractivity contribution in [3.8, 4) is 6.07 Å². The number of hydrogen-bond acceptors (Lipinski definition) is 4. The average Bonchev–Trinajstić information content (AvgIpc) is 2.69. The van der Waals surface area contributed by atoms with Crippen molar-refractivity contribution in [2.45, 2.75) is 44.0 Å². The molecule has 0 spiro atoms. The van der Waals surface area contributed by atoms with Crippen LogP contribution in [0, 0.1) is 11.3 Å². The molecule has 26 heavy (non-hydrogen) atoms. The second kappa shape index (κ2) is 8.03. The van der Waals surface area contributed by atoms with Gasteiger partial charge in [0.1, 0.15) is 12.1 Å². The number of alkyl carbamates (subject to hydrolysis) is 1. The van der Waals surface area contributed by atoms with Crippen LogP contribution < -0.4 is 10.6 Å². The summed E-state index contributed by atoms with van der Waals surface area (Å²) in [5.41, 5.74) is 1.28. The Morgan fingerprint density at radius 1 is 1.23 bits per heavy atom. The summed E-state index contributed by atoms with van der Waals surface area (Å²) in [6.07, 6.45) is 0.958. The first kappa shape index (κ1) is 18.0. The van der Waals surface area contributed by atoms with Crippen molar-refractivity contribution in [2.75, 3.05) is 0 Å². The number of amides is 1. The van der Waals surface area contributed by atoms with Gasteiger partial charge in [-0.3, -0.25) is 5.32 Å². The Labute approximate surface area is 154 Å². The highest BCUT2D eigenvalue weighted by Gasteiger charge is 2.49. The van der Waals surface area contributed by atoms with Gasteiger partial charge in [-0.25, -0.2) is 4.79 Å². The van der Waals surface area contributed by atoms with Gasteiger partial charge in [-0.15, -0.1) is 0 Å². The molecule has 1 aliphatic carbocycles. The van der Waals surface area contributed by atoms with Crippen molar-refractivity contribution < 1.29 is 9.53 Å². The molecule has 134 valence electrons. The molecule has 2 aromatic rings. The van der Waals surface area contributed by atoms with Gasteiger partial charge in [-0.1, -0.05) is 60.7 Å². The minimum Gasteiger partial charge on any atom is -0.445 e. The van der Waals surface area contributed by atoms with E-state index >= 15 is 0 Å². The number of nitrogens with one attached hydrogen (secondary N) is 2. The van der Waals surface area contributed by atoms with E-state index in [9.17, 15) is 10.1 Å². The van der Waals surface area contributed by atoms with Gasteiger partial charge in [0.25, 0.3) is 0 Å². The van der Waals surface area contributed by atoms with E-state index < -0.39 is 11.6 Å². The molecule has 1 saturated carbocycles. The number of rotatable bonds is 6. The topological polar surface area (TPSA) is 74.2 Å². The maximum atomic E-state index is 12.1. The maximum absolute atomic E-state index is 12.1. The number of benzene rings is 2. The molecule has 0 unspecified atom stereocenters. The van der Waals surface area contributed by atoms with Crippen molar-refractivity contribution >= 4 is 6.09 Å². The molecule has 3 rings (SSSR count). The summed E-state index contributed by atoms with van der Waals surface area (Å²) in [7, 11) is 0. The molecule has 3 atom stereocenters. The monoisotopic (exact) mass is 349 g/mol. The van der Waals surface area contributed by atoms with Crippen molar-refractivity contribution in [3.63, 3.8) is 0 Å². The molecule has 0 aliphatic heterocycles. The summed E-state index contributed by atoms with van der Waals surface area (Å²) < 4.78 is 5.27. The SMILES string of the molecule is C[C@H](N[C@@]1(C#N)CC[C@@H]1NC(=O)OCc1ccccc1)c1ccccc1. The van der Waals surface area contributed by atoms with Gasteiger partial charge in [-0.2, -0.15) is 5.26 Å². The maximum Gasteiger partial charge on any atom is 0.407 e. The van der Waals surface area contributed by atoms with Crippen molar-refractivity contribution in [3.05, 3.63) is 71.8 Å². The molecule has 0 saturated heterocycles. The quantitative estimate of drug-likeness (QED) is 0.834. The van der Waals surface area contributed by atoms with E-state index in [1.165, 1.54) is 0 Å². The fourth-order valence-corrected chi connectivity index (χ4v) is 3.23. The van der Waals surface area contributed by atoms with Crippen LogP contribution in [0.25, 0.3) is 0 Å². The average molecular weight is 349 g/mol. The molecule has 1 fully saturated rings. The van der Waals surface area contributed by atoms with Crippen LogP contribution in [0.2, 0.25) is 0 Å². The largest absolute Gasteiger partial charge is 0.445 e. The van der Waals surface area contributed by atoms with Gasteiger partial charge in [-0.05, 0) is 30.9 Å². The van der Waals surface area contributed by atoms with Crippen LogP contribution >= 0.6 is 0 Å². The van der Waals surface area contributed by atoms with Gasteiger partial charge in [0.15, 0.2) is 0 Å². The zero-order chi connectivity index (χ0) is 18.4. The molecule has 0 heterocycles. The third kappa shape index (κ3) is 4.04. The first-order valence-corrected chi connectivity index (χ1v) is 8.84. The minimum absolute atomic E-state index is 0.0146. The summed E-state index contributed by atoms with van der Waals surface area (Å²) >= 11 is 0. The lowest BCUT2D eigenvalue weighted by Crippen LogP contribution is -2.67. The summed E-state index contributed by atoms with van der Waals surface area (Å²) in [5.74, 6) is 0. The van der Waals surface area contributed by atoms with Crippen molar-refractivity contribution in [1.29, 1.82) is 5.26 Å². The third-order valence-electron chi connectivity index (χ3n) is 4.90. The number of hydrogen-bond donors (Lipinski definition) is 2. The molecular weight excluding hydrogens is 326 g/mol. The molecule has 0 bridgehead atoms. The van der Waals surface area contributed by atoms with Crippen LogP contribution in [-0.2, 0) is 11.3 Å². The molecule has 5 heteroatoms. The van der Waals surface area contributed by atoms with E-state index in [0.717, 1.165) is 17.5 Å². The Kier molecular flexibility index (Phi) is 5.55. The summed E-state index contributed by atoms with van der Waals surface area (Å²) in [4.78, 5) is 12.1. The second-order valence-electron chi connectivity index (χ2n) is 6.66. The van der Waals surface area contributed by atoms with Crippen LogP contribution in [0.15, 0.2) is 60.7 Å². The van der Waals surface area contributed by atoms with Gasteiger partial charge < -0.3 is 10.1 Å². The highest BCUT2D eigenvalue weighted by atomic mass is 16.5. The molecular formula is C21H23N3O2. The van der Waals surface area contributed by atoms with Crippen molar-refractivity contribution in [1.82, 2.24) is 10.6 Å². The highest BCUT2D eigenvalue weighted by molar-refractivity contribution is 5.68. The lowest BCUT2D eigenvalue weighted by molar-refractivity contribution is 0.107. The van der Waals surface area contributed by atoms with Crippen LogP contribution in [0.3, 0.4) is 0 Å². The molecule has 2 N–H and O–H groups in total. The molecule has 0 radical (unpaired) electrons. The molecule has 5 nitrogen and oxygen atoms in total. The molecule has 1 aliphatic rings. The van der Waals surface area contributed by atoms with E-state index in [-0.39, 0.29) is 18.7 Å². The highest BCUT2D eigenvalue weighted by Crippen LogP contribution is 2.34. The first-order valence-electron chi connectivity index (χ1n) is 8.84. The van der Waals surface area contributed by atoms with Gasteiger partial charge >= 0.3 is 6.09 Å². The lowest BCUT2D eigenvalue weighted by Gasteiger charge is -2.46.